The van der Waals surface area contributed by atoms with Crippen molar-refractivity contribution in [1.82, 2.24) is 4.57 Å². The van der Waals surface area contributed by atoms with E-state index < -0.39 is 0 Å². The lowest BCUT2D eigenvalue weighted by Gasteiger charge is -2.12. The van der Waals surface area contributed by atoms with Crippen molar-refractivity contribution in [2.75, 3.05) is 25.0 Å². The van der Waals surface area contributed by atoms with Gasteiger partial charge in [-0.1, -0.05) is 18.2 Å². The second-order valence-corrected chi connectivity index (χ2v) is 6.68. The first-order valence-electron chi connectivity index (χ1n) is 8.90. The van der Waals surface area contributed by atoms with E-state index in [4.69, 9.17) is 0 Å². The highest BCUT2D eigenvalue weighted by atomic mass is 16.2. The van der Waals surface area contributed by atoms with Crippen molar-refractivity contribution in [3.05, 3.63) is 42.5 Å². The van der Waals surface area contributed by atoms with Crippen LogP contribution in [0.3, 0.4) is 0 Å². The van der Waals surface area contributed by atoms with E-state index in [0.717, 1.165) is 25.3 Å². The maximum Gasteiger partial charge on any atom is 0.279 e. The van der Waals surface area contributed by atoms with Gasteiger partial charge in [0.2, 0.25) is 0 Å². The summed E-state index contributed by atoms with van der Waals surface area (Å²) in [6.45, 7) is 5.93. The molecule has 3 aromatic rings. The van der Waals surface area contributed by atoms with Gasteiger partial charge in [-0.3, -0.25) is 4.79 Å². The van der Waals surface area contributed by atoms with E-state index in [-0.39, 0.29) is 5.91 Å². The Morgan fingerprint density at radius 3 is 2.62 bits per heavy atom. The molecule has 1 aromatic heterocycles. The number of carbonyl (C=O) groups is 1. The standard InChI is InChI=1S/C20H23N3O/c1-2-23-18-8-4-3-7-16(18)17-13-15(9-10-19(17)23)21-20(24)14-22-11-5-6-12-22/h3-4,7-10,13H,2,5-6,11-12,14H2,1H3,(H,21,24)/p+1. The molecule has 1 fully saturated rings. The largest absolute Gasteiger partial charge is 0.341 e. The van der Waals surface area contributed by atoms with Gasteiger partial charge < -0.3 is 14.8 Å². The second kappa shape index (κ2) is 6.29. The number of nitrogens with one attached hydrogen (secondary N) is 2. The number of fused-ring (bicyclic) bond motifs is 3. The summed E-state index contributed by atoms with van der Waals surface area (Å²) in [6.07, 6.45) is 2.48. The van der Waals surface area contributed by atoms with E-state index >= 15 is 0 Å². The number of para-hydroxylation sites is 1. The molecule has 1 saturated heterocycles. The maximum absolute atomic E-state index is 12.3. The van der Waals surface area contributed by atoms with E-state index in [1.807, 2.05) is 6.07 Å². The van der Waals surface area contributed by atoms with Gasteiger partial charge in [0.15, 0.2) is 6.54 Å². The average Bonchev–Trinajstić information content (AvgIpc) is 3.20. The fraction of sp³-hybridized carbons (Fsp3) is 0.350. The van der Waals surface area contributed by atoms with Crippen LogP contribution in [-0.2, 0) is 11.3 Å². The van der Waals surface area contributed by atoms with E-state index in [0.29, 0.717) is 6.54 Å². The van der Waals surface area contributed by atoms with Gasteiger partial charge in [0.1, 0.15) is 0 Å². The Morgan fingerprint density at radius 2 is 1.83 bits per heavy atom. The summed E-state index contributed by atoms with van der Waals surface area (Å²) < 4.78 is 2.32. The molecule has 124 valence electrons. The predicted octanol–water partition coefficient (Wildman–Crippen LogP) is 2.43. The summed E-state index contributed by atoms with van der Waals surface area (Å²) in [5.41, 5.74) is 3.37. The number of aromatic nitrogens is 1. The summed E-state index contributed by atoms with van der Waals surface area (Å²) in [5, 5.41) is 5.54. The van der Waals surface area contributed by atoms with E-state index in [9.17, 15) is 4.79 Å². The lowest BCUT2D eigenvalue weighted by Crippen LogP contribution is -3.11. The molecule has 1 aliphatic heterocycles. The number of likely N-dealkylation sites (tertiary alicyclic amines) is 1. The Hall–Kier alpha value is -2.33. The molecular weight excluding hydrogens is 298 g/mol. The SMILES string of the molecule is CCn1c2ccccc2c2cc(NC(=O)C[NH+]3CCCC3)ccc21. The first kappa shape index (κ1) is 15.2. The first-order valence-corrected chi connectivity index (χ1v) is 8.90. The van der Waals surface area contributed by atoms with Gasteiger partial charge in [0, 0.05) is 46.9 Å². The normalized spacial score (nSPS) is 15.4. The molecular formula is C20H24N3O+. The fourth-order valence-corrected chi connectivity index (χ4v) is 3.96. The fourth-order valence-electron chi connectivity index (χ4n) is 3.96. The van der Waals surface area contributed by atoms with Crippen LogP contribution in [-0.4, -0.2) is 30.1 Å². The molecule has 0 radical (unpaired) electrons. The molecule has 4 nitrogen and oxygen atoms in total. The van der Waals surface area contributed by atoms with E-state index in [2.05, 4.69) is 53.2 Å². The third-order valence-corrected chi connectivity index (χ3v) is 5.09. The molecule has 24 heavy (non-hydrogen) atoms. The van der Waals surface area contributed by atoms with Gasteiger partial charge in [-0.25, -0.2) is 0 Å². The molecule has 2 heterocycles. The zero-order valence-electron chi connectivity index (χ0n) is 14.1. The van der Waals surface area contributed by atoms with Crippen molar-refractivity contribution in [2.45, 2.75) is 26.3 Å². The number of carbonyl (C=O) groups excluding carboxylic acids is 1. The molecule has 2 N–H and O–H groups in total. The molecule has 0 bridgehead atoms. The summed E-state index contributed by atoms with van der Waals surface area (Å²) in [4.78, 5) is 13.7. The van der Waals surface area contributed by atoms with Crippen LogP contribution in [0.1, 0.15) is 19.8 Å². The van der Waals surface area contributed by atoms with E-state index in [1.165, 1.54) is 39.5 Å². The molecule has 1 amide bonds. The number of hydrogen-bond donors (Lipinski definition) is 2. The molecule has 0 unspecified atom stereocenters. The Labute approximate surface area is 142 Å². The van der Waals surface area contributed by atoms with Gasteiger partial charge in [0.25, 0.3) is 5.91 Å². The van der Waals surface area contributed by atoms with Crippen LogP contribution in [0.4, 0.5) is 5.69 Å². The van der Waals surface area contributed by atoms with Crippen LogP contribution in [0.15, 0.2) is 42.5 Å². The summed E-state index contributed by atoms with van der Waals surface area (Å²) in [7, 11) is 0. The molecule has 2 aromatic carbocycles. The van der Waals surface area contributed by atoms with Gasteiger partial charge in [-0.2, -0.15) is 0 Å². The Bertz CT molecular complexity index is 890. The van der Waals surface area contributed by atoms with Crippen molar-refractivity contribution < 1.29 is 9.69 Å². The maximum atomic E-state index is 12.3. The van der Waals surface area contributed by atoms with Crippen molar-refractivity contribution in [3.63, 3.8) is 0 Å². The number of anilines is 1. The van der Waals surface area contributed by atoms with Crippen molar-refractivity contribution in [1.29, 1.82) is 0 Å². The van der Waals surface area contributed by atoms with Crippen LogP contribution < -0.4 is 10.2 Å². The number of nitrogens with zero attached hydrogens (tertiary/aromatic N) is 1. The van der Waals surface area contributed by atoms with Crippen molar-refractivity contribution >= 4 is 33.4 Å². The minimum atomic E-state index is 0.116. The smallest absolute Gasteiger partial charge is 0.279 e. The van der Waals surface area contributed by atoms with Gasteiger partial charge >= 0.3 is 0 Å². The van der Waals surface area contributed by atoms with Crippen LogP contribution >= 0.6 is 0 Å². The van der Waals surface area contributed by atoms with Crippen LogP contribution in [0.25, 0.3) is 21.8 Å². The van der Waals surface area contributed by atoms with Crippen molar-refractivity contribution in [3.8, 4) is 0 Å². The lowest BCUT2D eigenvalue weighted by atomic mass is 10.1. The summed E-state index contributed by atoms with van der Waals surface area (Å²) in [5.74, 6) is 0.116. The van der Waals surface area contributed by atoms with E-state index in [1.54, 1.807) is 0 Å². The Balaban J connectivity index is 1.65. The number of benzene rings is 2. The molecule has 4 heteroatoms. The third kappa shape index (κ3) is 2.67. The molecule has 0 atom stereocenters. The Kier molecular flexibility index (Phi) is 3.98. The van der Waals surface area contributed by atoms with Crippen LogP contribution in [0.5, 0.6) is 0 Å². The lowest BCUT2D eigenvalue weighted by molar-refractivity contribution is -0.878. The molecule has 4 rings (SSSR count). The van der Waals surface area contributed by atoms with Gasteiger partial charge in [-0.15, -0.1) is 0 Å². The number of aryl methyl sites for hydroxylation is 1. The number of hydrogen-bond acceptors (Lipinski definition) is 1. The van der Waals surface area contributed by atoms with Gasteiger partial charge in [0.05, 0.1) is 13.1 Å². The van der Waals surface area contributed by atoms with Crippen molar-refractivity contribution in [2.24, 2.45) is 0 Å². The van der Waals surface area contributed by atoms with Crippen LogP contribution in [0, 0.1) is 0 Å². The van der Waals surface area contributed by atoms with Crippen LogP contribution in [0.2, 0.25) is 0 Å². The number of quaternary nitrogens is 1. The molecule has 0 aliphatic carbocycles. The molecule has 0 saturated carbocycles. The molecule has 1 aliphatic rings. The monoisotopic (exact) mass is 322 g/mol. The first-order chi connectivity index (χ1) is 11.8. The Morgan fingerprint density at radius 1 is 1.08 bits per heavy atom. The highest BCUT2D eigenvalue weighted by Gasteiger charge is 2.19. The second-order valence-electron chi connectivity index (χ2n) is 6.68. The topological polar surface area (TPSA) is 38.5 Å². The quantitative estimate of drug-likeness (QED) is 0.761. The van der Waals surface area contributed by atoms with Gasteiger partial charge in [-0.05, 0) is 31.2 Å². The predicted molar refractivity (Wildman–Crippen MR) is 98.5 cm³/mol. The molecule has 0 spiro atoms. The minimum absolute atomic E-state index is 0.116. The summed E-state index contributed by atoms with van der Waals surface area (Å²) >= 11 is 0. The number of amides is 1. The zero-order chi connectivity index (χ0) is 16.5. The number of rotatable bonds is 4. The zero-order valence-corrected chi connectivity index (χ0v) is 14.1. The highest BCUT2D eigenvalue weighted by Crippen LogP contribution is 2.30. The minimum Gasteiger partial charge on any atom is -0.341 e. The summed E-state index contributed by atoms with van der Waals surface area (Å²) in [6, 6.07) is 14.7. The highest BCUT2D eigenvalue weighted by molar-refractivity contribution is 6.09. The third-order valence-electron chi connectivity index (χ3n) is 5.09. The average molecular weight is 322 g/mol.